The summed E-state index contributed by atoms with van der Waals surface area (Å²) in [7, 11) is 3.51. The molecule has 1 aromatic rings. The van der Waals surface area contributed by atoms with Crippen molar-refractivity contribution in [2.75, 3.05) is 20.8 Å². The van der Waals surface area contributed by atoms with Crippen LogP contribution in [-0.2, 0) is 11.2 Å². The minimum Gasteiger partial charge on any atom is -0.496 e. The van der Waals surface area contributed by atoms with Crippen molar-refractivity contribution in [2.24, 2.45) is 5.41 Å². The van der Waals surface area contributed by atoms with E-state index >= 15 is 0 Å². The number of benzene rings is 1. The molecule has 2 nitrogen and oxygen atoms in total. The van der Waals surface area contributed by atoms with Crippen molar-refractivity contribution in [1.29, 1.82) is 0 Å². The topological polar surface area (TPSA) is 18.5 Å². The predicted octanol–water partition coefficient (Wildman–Crippen LogP) is 5.03. The van der Waals surface area contributed by atoms with Crippen LogP contribution in [0.3, 0.4) is 0 Å². The van der Waals surface area contributed by atoms with Gasteiger partial charge in [-0.3, -0.25) is 0 Å². The summed E-state index contributed by atoms with van der Waals surface area (Å²) in [5.41, 5.74) is 2.86. The first-order chi connectivity index (χ1) is 9.48. The summed E-state index contributed by atoms with van der Waals surface area (Å²) in [6, 6.07) is 6.38. The second-order valence-electron chi connectivity index (χ2n) is 5.77. The van der Waals surface area contributed by atoms with Crippen LogP contribution in [0.2, 0.25) is 0 Å². The zero-order valence-electron chi connectivity index (χ0n) is 14.4. The standard InChI is InChI=1S/C16H26O2.C2H6/c1-13-8-9-15(18-5)14(11-13)7-6-10-16(2,3)12-17-4;1-2/h8-9,11H,6-7,10,12H2,1-5H3;1-2H3. The van der Waals surface area contributed by atoms with Gasteiger partial charge in [-0.05, 0) is 43.2 Å². The lowest BCUT2D eigenvalue weighted by atomic mass is 9.87. The van der Waals surface area contributed by atoms with Crippen molar-refractivity contribution >= 4 is 0 Å². The normalized spacial score (nSPS) is 10.8. The highest BCUT2D eigenvalue weighted by molar-refractivity contribution is 5.36. The molecule has 0 spiro atoms. The summed E-state index contributed by atoms with van der Waals surface area (Å²) in [5, 5.41) is 0. The summed E-state index contributed by atoms with van der Waals surface area (Å²) in [6.45, 7) is 11.4. The highest BCUT2D eigenvalue weighted by Gasteiger charge is 2.17. The molecule has 0 fully saturated rings. The van der Waals surface area contributed by atoms with Gasteiger partial charge in [-0.15, -0.1) is 0 Å². The van der Waals surface area contributed by atoms with Crippen molar-refractivity contribution in [3.05, 3.63) is 29.3 Å². The van der Waals surface area contributed by atoms with Gasteiger partial charge in [0.15, 0.2) is 0 Å². The molecule has 0 aliphatic heterocycles. The third-order valence-electron chi connectivity index (χ3n) is 3.27. The molecule has 0 N–H and O–H groups in total. The van der Waals surface area contributed by atoms with E-state index < -0.39 is 0 Å². The van der Waals surface area contributed by atoms with Crippen LogP contribution >= 0.6 is 0 Å². The van der Waals surface area contributed by atoms with Crippen LogP contribution in [-0.4, -0.2) is 20.8 Å². The van der Waals surface area contributed by atoms with E-state index in [1.165, 1.54) is 11.1 Å². The van der Waals surface area contributed by atoms with Gasteiger partial charge in [0.1, 0.15) is 5.75 Å². The van der Waals surface area contributed by atoms with E-state index in [1.54, 1.807) is 14.2 Å². The minimum atomic E-state index is 0.256. The van der Waals surface area contributed by atoms with E-state index in [1.807, 2.05) is 13.8 Å². The highest BCUT2D eigenvalue weighted by atomic mass is 16.5. The maximum absolute atomic E-state index is 5.41. The number of aryl methyl sites for hydroxylation is 2. The van der Waals surface area contributed by atoms with Gasteiger partial charge in [-0.25, -0.2) is 0 Å². The Hall–Kier alpha value is -1.02. The predicted molar refractivity (Wildman–Crippen MR) is 87.7 cm³/mol. The van der Waals surface area contributed by atoms with E-state index in [-0.39, 0.29) is 5.41 Å². The van der Waals surface area contributed by atoms with Gasteiger partial charge in [0.25, 0.3) is 0 Å². The van der Waals surface area contributed by atoms with Gasteiger partial charge in [-0.1, -0.05) is 45.4 Å². The lowest BCUT2D eigenvalue weighted by Gasteiger charge is -2.23. The maximum atomic E-state index is 5.41. The molecule has 0 amide bonds. The summed E-state index contributed by atoms with van der Waals surface area (Å²) in [6.07, 6.45) is 3.39. The van der Waals surface area contributed by atoms with Crippen LogP contribution in [0.1, 0.15) is 51.7 Å². The van der Waals surface area contributed by atoms with Gasteiger partial charge >= 0.3 is 0 Å². The third-order valence-corrected chi connectivity index (χ3v) is 3.27. The summed E-state index contributed by atoms with van der Waals surface area (Å²) < 4.78 is 10.7. The fraction of sp³-hybridized carbons (Fsp3) is 0.667. The second-order valence-corrected chi connectivity index (χ2v) is 5.77. The van der Waals surface area contributed by atoms with E-state index in [4.69, 9.17) is 9.47 Å². The van der Waals surface area contributed by atoms with Crippen LogP contribution in [0.15, 0.2) is 18.2 Å². The molecule has 0 aromatic heterocycles. The second kappa shape index (κ2) is 9.82. The first-order valence-electron chi connectivity index (χ1n) is 7.61. The summed E-state index contributed by atoms with van der Waals surface area (Å²) in [5.74, 6) is 1.00. The lowest BCUT2D eigenvalue weighted by Crippen LogP contribution is -2.18. The van der Waals surface area contributed by atoms with Gasteiger partial charge in [0.2, 0.25) is 0 Å². The fourth-order valence-electron chi connectivity index (χ4n) is 2.32. The fourth-order valence-corrected chi connectivity index (χ4v) is 2.32. The molecular weight excluding hydrogens is 248 g/mol. The van der Waals surface area contributed by atoms with Crippen molar-refractivity contribution in [2.45, 2.75) is 53.9 Å². The highest BCUT2D eigenvalue weighted by Crippen LogP contribution is 2.26. The Morgan fingerprint density at radius 2 is 1.75 bits per heavy atom. The molecule has 20 heavy (non-hydrogen) atoms. The van der Waals surface area contributed by atoms with Crippen molar-refractivity contribution in [3.63, 3.8) is 0 Å². The van der Waals surface area contributed by atoms with Crippen molar-refractivity contribution in [1.82, 2.24) is 0 Å². The number of ether oxygens (including phenoxy) is 2. The van der Waals surface area contributed by atoms with Crippen molar-refractivity contribution in [3.8, 4) is 5.75 Å². The van der Waals surface area contributed by atoms with E-state index in [9.17, 15) is 0 Å². The van der Waals surface area contributed by atoms with Crippen LogP contribution in [0, 0.1) is 12.3 Å². The van der Waals surface area contributed by atoms with Gasteiger partial charge in [0.05, 0.1) is 13.7 Å². The first-order valence-corrected chi connectivity index (χ1v) is 7.61. The Morgan fingerprint density at radius 3 is 2.30 bits per heavy atom. The molecule has 0 radical (unpaired) electrons. The smallest absolute Gasteiger partial charge is 0.122 e. The molecule has 1 rings (SSSR count). The Labute approximate surface area is 125 Å². The van der Waals surface area contributed by atoms with Crippen LogP contribution in [0.25, 0.3) is 0 Å². The average Bonchev–Trinajstić information content (AvgIpc) is 2.41. The Balaban J connectivity index is 0.00000172. The van der Waals surface area contributed by atoms with Crippen LogP contribution in [0.4, 0.5) is 0 Å². The first kappa shape index (κ1) is 19.0. The molecule has 0 saturated carbocycles. The number of hydrogen-bond donors (Lipinski definition) is 0. The van der Waals surface area contributed by atoms with E-state index in [0.717, 1.165) is 31.6 Å². The van der Waals surface area contributed by atoms with Crippen molar-refractivity contribution < 1.29 is 9.47 Å². The molecule has 0 aliphatic rings. The molecule has 0 unspecified atom stereocenters. The van der Waals surface area contributed by atoms with E-state index in [0.29, 0.717) is 0 Å². The number of rotatable bonds is 7. The number of methoxy groups -OCH3 is 2. The lowest BCUT2D eigenvalue weighted by molar-refractivity contribution is 0.0968. The van der Waals surface area contributed by atoms with Gasteiger partial charge in [-0.2, -0.15) is 0 Å². The zero-order valence-corrected chi connectivity index (χ0v) is 14.4. The molecule has 0 saturated heterocycles. The quantitative estimate of drug-likeness (QED) is 0.697. The third kappa shape index (κ3) is 6.95. The monoisotopic (exact) mass is 280 g/mol. The summed E-state index contributed by atoms with van der Waals surface area (Å²) >= 11 is 0. The molecule has 0 aliphatic carbocycles. The number of hydrogen-bond acceptors (Lipinski definition) is 2. The molecular formula is C18H32O2. The van der Waals surface area contributed by atoms with E-state index in [2.05, 4.69) is 39.0 Å². The van der Waals surface area contributed by atoms with Crippen LogP contribution in [0.5, 0.6) is 5.75 Å². The molecule has 0 heterocycles. The zero-order chi connectivity index (χ0) is 15.6. The van der Waals surface area contributed by atoms with Gasteiger partial charge in [0, 0.05) is 7.11 Å². The minimum absolute atomic E-state index is 0.256. The molecule has 116 valence electrons. The maximum Gasteiger partial charge on any atom is 0.122 e. The van der Waals surface area contributed by atoms with Gasteiger partial charge < -0.3 is 9.47 Å². The molecule has 2 heteroatoms. The molecule has 0 bridgehead atoms. The largest absolute Gasteiger partial charge is 0.496 e. The molecule has 0 atom stereocenters. The Bertz CT molecular complexity index is 370. The Kier molecular flexibility index (Phi) is 9.32. The summed E-state index contributed by atoms with van der Waals surface area (Å²) in [4.78, 5) is 0. The SMILES string of the molecule is CC.COCC(C)(C)CCCc1cc(C)ccc1OC. The molecule has 1 aromatic carbocycles. The van der Waals surface area contributed by atoms with Crippen LogP contribution < -0.4 is 4.74 Å². The average molecular weight is 280 g/mol. The Morgan fingerprint density at radius 1 is 1.10 bits per heavy atom.